The standard InChI is InChI=1S/C21H34N4O2.HI/c1-3-22-21(23-13-8-16-25-14-6-4-5-7-15-25)24-17-18-9-11-19(12-10-18)20(26)27-2;/h9-12H,3-8,13-17H2,1-2H3,(H2,22,23,24);1H. The summed E-state index contributed by atoms with van der Waals surface area (Å²) in [7, 11) is 1.39. The van der Waals surface area contributed by atoms with Gasteiger partial charge < -0.3 is 20.3 Å². The molecule has 158 valence electrons. The van der Waals surface area contributed by atoms with Gasteiger partial charge in [0, 0.05) is 13.1 Å². The second-order valence-corrected chi connectivity index (χ2v) is 6.92. The first-order chi connectivity index (χ1) is 13.2. The highest BCUT2D eigenvalue weighted by molar-refractivity contribution is 14.0. The molecule has 1 fully saturated rings. The summed E-state index contributed by atoms with van der Waals surface area (Å²) >= 11 is 0. The fourth-order valence-corrected chi connectivity index (χ4v) is 3.25. The monoisotopic (exact) mass is 502 g/mol. The van der Waals surface area contributed by atoms with Crippen LogP contribution in [0, 0.1) is 0 Å². The van der Waals surface area contributed by atoms with Gasteiger partial charge in [0.2, 0.25) is 0 Å². The number of rotatable bonds is 8. The van der Waals surface area contributed by atoms with Gasteiger partial charge in [-0.15, -0.1) is 24.0 Å². The number of guanidine groups is 1. The van der Waals surface area contributed by atoms with Crippen molar-refractivity contribution in [2.45, 2.75) is 45.6 Å². The normalized spacial score (nSPS) is 15.3. The van der Waals surface area contributed by atoms with Gasteiger partial charge in [0.05, 0.1) is 19.2 Å². The van der Waals surface area contributed by atoms with Crippen molar-refractivity contribution < 1.29 is 9.53 Å². The third-order valence-corrected chi connectivity index (χ3v) is 4.78. The van der Waals surface area contributed by atoms with E-state index in [2.05, 4.69) is 27.4 Å². The second kappa shape index (κ2) is 14.6. The molecule has 1 aromatic carbocycles. The molecule has 2 rings (SSSR count). The van der Waals surface area contributed by atoms with Crippen LogP contribution in [0.15, 0.2) is 29.3 Å². The van der Waals surface area contributed by atoms with E-state index >= 15 is 0 Å². The molecule has 6 nitrogen and oxygen atoms in total. The molecule has 1 aliphatic heterocycles. The molecule has 1 aliphatic rings. The number of aliphatic imine (C=N–C) groups is 1. The number of likely N-dealkylation sites (tertiary alicyclic amines) is 1. The van der Waals surface area contributed by atoms with Crippen LogP contribution >= 0.6 is 24.0 Å². The van der Waals surface area contributed by atoms with Crippen molar-refractivity contribution in [2.24, 2.45) is 4.99 Å². The first-order valence-corrected chi connectivity index (χ1v) is 10.1. The minimum absolute atomic E-state index is 0. The number of hydrogen-bond donors (Lipinski definition) is 2. The van der Waals surface area contributed by atoms with Gasteiger partial charge in [-0.1, -0.05) is 25.0 Å². The van der Waals surface area contributed by atoms with Crippen LogP contribution in [0.25, 0.3) is 0 Å². The van der Waals surface area contributed by atoms with Crippen molar-refractivity contribution in [1.82, 2.24) is 15.5 Å². The molecule has 0 bridgehead atoms. The molecule has 0 amide bonds. The summed E-state index contributed by atoms with van der Waals surface area (Å²) in [5.74, 6) is 0.523. The zero-order chi connectivity index (χ0) is 19.3. The van der Waals surface area contributed by atoms with Crippen molar-refractivity contribution in [3.63, 3.8) is 0 Å². The number of benzene rings is 1. The van der Waals surface area contributed by atoms with E-state index in [1.54, 1.807) is 12.1 Å². The quantitative estimate of drug-likeness (QED) is 0.188. The van der Waals surface area contributed by atoms with Crippen LogP contribution in [0.3, 0.4) is 0 Å². The molecule has 1 heterocycles. The van der Waals surface area contributed by atoms with Crippen LogP contribution in [-0.4, -0.2) is 56.7 Å². The van der Waals surface area contributed by atoms with E-state index in [9.17, 15) is 4.79 Å². The molecule has 2 N–H and O–H groups in total. The Morgan fingerprint density at radius 3 is 2.39 bits per heavy atom. The number of nitrogens with one attached hydrogen (secondary N) is 2. The van der Waals surface area contributed by atoms with Crippen LogP contribution in [0.2, 0.25) is 0 Å². The molecule has 0 saturated carbocycles. The Morgan fingerprint density at radius 2 is 1.79 bits per heavy atom. The highest BCUT2D eigenvalue weighted by Crippen LogP contribution is 2.09. The fraction of sp³-hybridized carbons (Fsp3) is 0.619. The zero-order valence-corrected chi connectivity index (χ0v) is 19.5. The molecule has 28 heavy (non-hydrogen) atoms. The SMILES string of the molecule is CCNC(=NCc1ccc(C(=O)OC)cc1)NCCCN1CCCCCC1.I. The Balaban J connectivity index is 0.00000392. The van der Waals surface area contributed by atoms with Crippen molar-refractivity contribution in [3.05, 3.63) is 35.4 Å². The number of ether oxygens (including phenoxy) is 1. The lowest BCUT2D eigenvalue weighted by Crippen LogP contribution is -2.39. The average molecular weight is 502 g/mol. The highest BCUT2D eigenvalue weighted by atomic mass is 127. The van der Waals surface area contributed by atoms with Crippen LogP contribution in [0.4, 0.5) is 0 Å². The summed E-state index contributed by atoms with van der Waals surface area (Å²) in [4.78, 5) is 18.7. The van der Waals surface area contributed by atoms with E-state index in [0.29, 0.717) is 12.1 Å². The molecule has 0 spiro atoms. The summed E-state index contributed by atoms with van der Waals surface area (Å²) in [5.41, 5.74) is 1.62. The smallest absolute Gasteiger partial charge is 0.337 e. The number of halogens is 1. The largest absolute Gasteiger partial charge is 0.465 e. The van der Waals surface area contributed by atoms with Gasteiger partial charge in [0.1, 0.15) is 0 Å². The third-order valence-electron chi connectivity index (χ3n) is 4.78. The number of esters is 1. The summed E-state index contributed by atoms with van der Waals surface area (Å²) in [6.07, 6.45) is 6.57. The summed E-state index contributed by atoms with van der Waals surface area (Å²) < 4.78 is 4.72. The first kappa shape index (κ1) is 24.7. The van der Waals surface area contributed by atoms with E-state index in [1.807, 2.05) is 12.1 Å². The Kier molecular flexibility index (Phi) is 12.9. The van der Waals surface area contributed by atoms with Crippen molar-refractivity contribution in [3.8, 4) is 0 Å². The molecule has 7 heteroatoms. The topological polar surface area (TPSA) is 66.0 Å². The first-order valence-electron chi connectivity index (χ1n) is 10.1. The number of hydrogen-bond acceptors (Lipinski definition) is 4. The maximum atomic E-state index is 11.5. The molecule has 0 aromatic heterocycles. The number of methoxy groups -OCH3 is 1. The molecule has 0 unspecified atom stereocenters. The number of nitrogens with zero attached hydrogens (tertiary/aromatic N) is 2. The van der Waals surface area contributed by atoms with Crippen LogP contribution < -0.4 is 10.6 Å². The fourth-order valence-electron chi connectivity index (χ4n) is 3.25. The van der Waals surface area contributed by atoms with Gasteiger partial charge in [-0.25, -0.2) is 9.79 Å². The summed E-state index contributed by atoms with van der Waals surface area (Å²) in [6.45, 7) is 8.04. The number of carbonyl (C=O) groups is 1. The molecule has 1 saturated heterocycles. The lowest BCUT2D eigenvalue weighted by Gasteiger charge is -2.20. The Bertz CT molecular complexity index is 585. The molecular formula is C21H35IN4O2. The van der Waals surface area contributed by atoms with Gasteiger partial charge >= 0.3 is 5.97 Å². The Hall–Kier alpha value is -1.35. The molecule has 1 aromatic rings. The van der Waals surface area contributed by atoms with Gasteiger partial charge in [-0.2, -0.15) is 0 Å². The van der Waals surface area contributed by atoms with Crippen molar-refractivity contribution in [1.29, 1.82) is 0 Å². The summed E-state index contributed by atoms with van der Waals surface area (Å²) in [5, 5.41) is 6.71. The zero-order valence-electron chi connectivity index (χ0n) is 17.2. The van der Waals surface area contributed by atoms with Gasteiger partial charge in [-0.05, 0) is 63.5 Å². The average Bonchev–Trinajstić information content (AvgIpc) is 2.98. The highest BCUT2D eigenvalue weighted by Gasteiger charge is 2.08. The lowest BCUT2D eigenvalue weighted by molar-refractivity contribution is 0.0600. The van der Waals surface area contributed by atoms with Gasteiger partial charge in [-0.3, -0.25) is 0 Å². The second-order valence-electron chi connectivity index (χ2n) is 6.92. The Labute approximate surface area is 186 Å². The molecule has 0 radical (unpaired) electrons. The van der Waals surface area contributed by atoms with Crippen LogP contribution in [0.1, 0.15) is 54.9 Å². The van der Waals surface area contributed by atoms with E-state index in [4.69, 9.17) is 4.74 Å². The lowest BCUT2D eigenvalue weighted by atomic mass is 10.1. The minimum Gasteiger partial charge on any atom is -0.465 e. The summed E-state index contributed by atoms with van der Waals surface area (Å²) in [6, 6.07) is 7.38. The van der Waals surface area contributed by atoms with E-state index < -0.39 is 0 Å². The number of carbonyl (C=O) groups excluding carboxylic acids is 1. The maximum Gasteiger partial charge on any atom is 0.337 e. The van der Waals surface area contributed by atoms with Crippen molar-refractivity contribution >= 4 is 35.9 Å². The van der Waals surface area contributed by atoms with Crippen molar-refractivity contribution in [2.75, 3.05) is 39.8 Å². The maximum absolute atomic E-state index is 11.5. The van der Waals surface area contributed by atoms with Gasteiger partial charge in [0.15, 0.2) is 5.96 Å². The van der Waals surface area contributed by atoms with Gasteiger partial charge in [0.25, 0.3) is 0 Å². The molecule has 0 aliphatic carbocycles. The van der Waals surface area contributed by atoms with Crippen LogP contribution in [-0.2, 0) is 11.3 Å². The van der Waals surface area contributed by atoms with E-state index in [1.165, 1.54) is 45.9 Å². The minimum atomic E-state index is -0.315. The molecular weight excluding hydrogens is 467 g/mol. The predicted octanol–water partition coefficient (Wildman–Crippen LogP) is 3.41. The third kappa shape index (κ3) is 9.23. The van der Waals surface area contributed by atoms with E-state index in [0.717, 1.165) is 37.6 Å². The van der Waals surface area contributed by atoms with E-state index in [-0.39, 0.29) is 29.9 Å². The molecule has 0 atom stereocenters. The Morgan fingerprint density at radius 1 is 1.11 bits per heavy atom. The predicted molar refractivity (Wildman–Crippen MR) is 126 cm³/mol. The van der Waals surface area contributed by atoms with Crippen LogP contribution in [0.5, 0.6) is 0 Å².